The number of nitrogens with one attached hydrogen (secondary N) is 1. The summed E-state index contributed by atoms with van der Waals surface area (Å²) in [5, 5.41) is 10.9. The van der Waals surface area contributed by atoms with E-state index in [1.54, 1.807) is 24.5 Å². The Morgan fingerprint density at radius 3 is 2.44 bits per heavy atom. The number of anilines is 1. The lowest BCUT2D eigenvalue weighted by Gasteiger charge is -2.07. The van der Waals surface area contributed by atoms with E-state index in [0.717, 1.165) is 24.9 Å². The van der Waals surface area contributed by atoms with Crippen molar-refractivity contribution in [3.05, 3.63) is 71.5 Å². The summed E-state index contributed by atoms with van der Waals surface area (Å²) >= 11 is 0. The molecule has 1 amide bonds. The molecule has 1 N–H and O–H groups in total. The molecule has 0 radical (unpaired) electrons. The molecular formula is C21H20N4O2. The Hall–Kier alpha value is -3.28. The highest BCUT2D eigenvalue weighted by Gasteiger charge is 2.15. The van der Waals surface area contributed by atoms with Gasteiger partial charge in [-0.1, -0.05) is 12.1 Å². The molecule has 27 heavy (non-hydrogen) atoms. The molecule has 2 aromatic carbocycles. The van der Waals surface area contributed by atoms with Gasteiger partial charge >= 0.3 is 0 Å². The number of hydrogen-bond acceptors (Lipinski definition) is 4. The maximum absolute atomic E-state index is 12.4. The number of amides is 1. The van der Waals surface area contributed by atoms with Crippen LogP contribution in [0.4, 0.5) is 5.69 Å². The molecule has 1 aromatic heterocycles. The summed E-state index contributed by atoms with van der Waals surface area (Å²) in [6.07, 6.45) is 6.88. The van der Waals surface area contributed by atoms with E-state index < -0.39 is 0 Å². The summed E-state index contributed by atoms with van der Waals surface area (Å²) in [5.41, 5.74) is 4.82. The molecule has 0 fully saturated rings. The first-order valence-corrected chi connectivity index (χ1v) is 9.11. The average molecular weight is 360 g/mol. The van der Waals surface area contributed by atoms with E-state index in [4.69, 9.17) is 0 Å². The van der Waals surface area contributed by atoms with Gasteiger partial charge < -0.3 is 5.32 Å². The first kappa shape index (κ1) is 17.1. The van der Waals surface area contributed by atoms with Crippen LogP contribution in [0.3, 0.4) is 0 Å². The van der Waals surface area contributed by atoms with E-state index in [-0.39, 0.29) is 24.5 Å². The van der Waals surface area contributed by atoms with Crippen LogP contribution in [0.2, 0.25) is 0 Å². The molecule has 0 aliphatic heterocycles. The Labute approximate surface area is 157 Å². The highest BCUT2D eigenvalue weighted by molar-refractivity contribution is 6.00. The number of ketones is 1. The highest BCUT2D eigenvalue weighted by atomic mass is 16.2. The zero-order valence-corrected chi connectivity index (χ0v) is 14.9. The van der Waals surface area contributed by atoms with Crippen molar-refractivity contribution in [3.63, 3.8) is 0 Å². The second kappa shape index (κ2) is 7.53. The van der Waals surface area contributed by atoms with Crippen molar-refractivity contribution < 1.29 is 9.59 Å². The standard InChI is InChI=1S/C21H20N4O2/c26-20(17-5-4-15-2-1-3-16(15)14-17)10-11-21(27)24-18-6-8-19(9-7-18)25-22-12-13-23-25/h4-9,12-14H,1-3,10-11H2,(H,24,27). The molecule has 0 spiro atoms. The number of Topliss-reactive ketones (excluding diaryl/α,β-unsaturated/α-hetero) is 1. The third-order valence-corrected chi connectivity index (χ3v) is 4.80. The van der Waals surface area contributed by atoms with Crippen molar-refractivity contribution >= 4 is 17.4 Å². The van der Waals surface area contributed by atoms with Gasteiger partial charge in [-0.15, -0.1) is 0 Å². The largest absolute Gasteiger partial charge is 0.326 e. The summed E-state index contributed by atoms with van der Waals surface area (Å²) in [6.45, 7) is 0. The summed E-state index contributed by atoms with van der Waals surface area (Å²) in [5.74, 6) is -0.158. The number of rotatable bonds is 6. The zero-order valence-electron chi connectivity index (χ0n) is 14.9. The summed E-state index contributed by atoms with van der Waals surface area (Å²) in [6, 6.07) is 13.1. The van der Waals surface area contributed by atoms with Gasteiger partial charge in [-0.05, 0) is 60.7 Å². The van der Waals surface area contributed by atoms with Crippen molar-refractivity contribution in [2.24, 2.45) is 0 Å². The van der Waals surface area contributed by atoms with E-state index in [2.05, 4.69) is 15.5 Å². The Bertz CT molecular complexity index is 962. The lowest BCUT2D eigenvalue weighted by Crippen LogP contribution is -2.13. The van der Waals surface area contributed by atoms with Gasteiger partial charge in [0.25, 0.3) is 0 Å². The molecule has 0 atom stereocenters. The Kier molecular flexibility index (Phi) is 4.78. The quantitative estimate of drug-likeness (QED) is 0.684. The number of hydrogen-bond donors (Lipinski definition) is 1. The lowest BCUT2D eigenvalue weighted by molar-refractivity contribution is -0.116. The van der Waals surface area contributed by atoms with Crippen molar-refractivity contribution in [2.75, 3.05) is 5.32 Å². The number of benzene rings is 2. The van der Waals surface area contributed by atoms with Gasteiger partial charge in [0.1, 0.15) is 0 Å². The van der Waals surface area contributed by atoms with Gasteiger partial charge in [-0.25, -0.2) is 0 Å². The van der Waals surface area contributed by atoms with E-state index in [9.17, 15) is 9.59 Å². The summed E-state index contributed by atoms with van der Waals surface area (Å²) in [4.78, 5) is 26.0. The molecule has 3 aromatic rings. The molecule has 4 rings (SSSR count). The molecule has 0 saturated carbocycles. The third kappa shape index (κ3) is 3.95. The van der Waals surface area contributed by atoms with Crippen LogP contribution in [0.15, 0.2) is 54.9 Å². The predicted octanol–water partition coefficient (Wildman–Crippen LogP) is 3.36. The van der Waals surface area contributed by atoms with E-state index in [0.29, 0.717) is 11.3 Å². The first-order valence-electron chi connectivity index (χ1n) is 9.11. The van der Waals surface area contributed by atoms with Crippen LogP contribution in [0.25, 0.3) is 5.69 Å². The SMILES string of the molecule is O=C(CCC(=O)c1ccc2c(c1)CCC2)Nc1ccc(-n2nccn2)cc1. The molecule has 1 aliphatic rings. The van der Waals surface area contributed by atoms with Gasteiger partial charge in [0.15, 0.2) is 5.78 Å². The maximum atomic E-state index is 12.4. The molecule has 0 unspecified atom stereocenters. The average Bonchev–Trinajstić information content (AvgIpc) is 3.38. The summed E-state index contributed by atoms with van der Waals surface area (Å²) in [7, 11) is 0. The summed E-state index contributed by atoms with van der Waals surface area (Å²) < 4.78 is 0. The molecule has 136 valence electrons. The van der Waals surface area contributed by atoms with Gasteiger partial charge in [0.05, 0.1) is 18.1 Å². The molecule has 0 saturated heterocycles. The zero-order chi connectivity index (χ0) is 18.6. The highest BCUT2D eigenvalue weighted by Crippen LogP contribution is 2.23. The minimum atomic E-state index is -0.172. The van der Waals surface area contributed by atoms with Crippen molar-refractivity contribution in [2.45, 2.75) is 32.1 Å². The Balaban J connectivity index is 1.31. The molecule has 0 bridgehead atoms. The van der Waals surface area contributed by atoms with Crippen LogP contribution in [-0.4, -0.2) is 26.7 Å². The van der Waals surface area contributed by atoms with Crippen LogP contribution < -0.4 is 5.32 Å². The number of nitrogens with zero attached hydrogens (tertiary/aromatic N) is 3. The fraction of sp³-hybridized carbons (Fsp3) is 0.238. The molecule has 1 heterocycles. The van der Waals surface area contributed by atoms with Crippen LogP contribution in [0, 0.1) is 0 Å². The first-order chi connectivity index (χ1) is 13.2. The van der Waals surface area contributed by atoms with Gasteiger partial charge in [0.2, 0.25) is 5.91 Å². The topological polar surface area (TPSA) is 76.9 Å². The second-order valence-corrected chi connectivity index (χ2v) is 6.67. The number of fused-ring (bicyclic) bond motifs is 1. The Morgan fingerprint density at radius 1 is 0.926 bits per heavy atom. The molecule has 1 aliphatic carbocycles. The van der Waals surface area contributed by atoms with Crippen LogP contribution in [0.5, 0.6) is 0 Å². The smallest absolute Gasteiger partial charge is 0.224 e. The van der Waals surface area contributed by atoms with Crippen LogP contribution >= 0.6 is 0 Å². The van der Waals surface area contributed by atoms with Crippen LogP contribution in [0.1, 0.15) is 40.7 Å². The number of carbonyl (C=O) groups excluding carboxylic acids is 2. The third-order valence-electron chi connectivity index (χ3n) is 4.80. The fourth-order valence-corrected chi connectivity index (χ4v) is 3.37. The minimum absolute atomic E-state index is 0.0138. The van der Waals surface area contributed by atoms with Gasteiger partial charge in [0, 0.05) is 24.1 Å². The number of aryl methyl sites for hydroxylation is 2. The van der Waals surface area contributed by atoms with Crippen molar-refractivity contribution in [1.82, 2.24) is 15.0 Å². The van der Waals surface area contributed by atoms with Crippen molar-refractivity contribution in [3.8, 4) is 5.69 Å². The van der Waals surface area contributed by atoms with Crippen molar-refractivity contribution in [1.29, 1.82) is 0 Å². The minimum Gasteiger partial charge on any atom is -0.326 e. The molecule has 6 heteroatoms. The molecular weight excluding hydrogens is 340 g/mol. The van der Waals surface area contributed by atoms with E-state index in [1.165, 1.54) is 15.9 Å². The lowest BCUT2D eigenvalue weighted by atomic mass is 10.0. The fourth-order valence-electron chi connectivity index (χ4n) is 3.37. The second-order valence-electron chi connectivity index (χ2n) is 6.67. The van der Waals surface area contributed by atoms with Gasteiger partial charge in [-0.2, -0.15) is 15.0 Å². The van der Waals surface area contributed by atoms with Gasteiger partial charge in [-0.3, -0.25) is 9.59 Å². The predicted molar refractivity (Wildman–Crippen MR) is 102 cm³/mol. The number of carbonyl (C=O) groups is 2. The maximum Gasteiger partial charge on any atom is 0.224 e. The van der Waals surface area contributed by atoms with Crippen LogP contribution in [-0.2, 0) is 17.6 Å². The van der Waals surface area contributed by atoms with E-state index >= 15 is 0 Å². The van der Waals surface area contributed by atoms with E-state index in [1.807, 2.05) is 30.3 Å². The number of aromatic nitrogens is 3. The monoisotopic (exact) mass is 360 g/mol. The molecule has 6 nitrogen and oxygen atoms in total. The Morgan fingerprint density at radius 2 is 1.67 bits per heavy atom. The normalized spacial score (nSPS) is 12.6.